The van der Waals surface area contributed by atoms with Crippen molar-refractivity contribution in [2.75, 3.05) is 0 Å². The molecule has 0 saturated heterocycles. The summed E-state index contributed by atoms with van der Waals surface area (Å²) in [5.74, 6) is 0. The fourth-order valence-electron chi connectivity index (χ4n) is 4.25. The monoisotopic (exact) mass is 248 g/mol. The van der Waals surface area contributed by atoms with E-state index >= 15 is 0 Å². The topological polar surface area (TPSA) is 0 Å². The van der Waals surface area contributed by atoms with E-state index in [0.717, 1.165) is 0 Å². The van der Waals surface area contributed by atoms with Gasteiger partial charge >= 0.3 is 0 Å². The molecule has 0 heteroatoms. The van der Waals surface area contributed by atoms with Crippen LogP contribution < -0.4 is 0 Å². The molecule has 1 aliphatic rings. The molecule has 0 aliphatic heterocycles. The molecular formula is C18H32. The quantitative estimate of drug-likeness (QED) is 0.499. The van der Waals surface area contributed by atoms with E-state index in [1.165, 1.54) is 11.1 Å². The SMILES string of the molecule is C=C(C)[C@]1(C)C(C)(C)C(C)=C(C)C(C)(C)C1(C)C. The lowest BCUT2D eigenvalue weighted by Gasteiger charge is -2.66. The molecule has 104 valence electrons. The van der Waals surface area contributed by atoms with Crippen molar-refractivity contribution in [2.45, 2.75) is 69.2 Å². The van der Waals surface area contributed by atoms with Crippen LogP contribution in [0.1, 0.15) is 69.2 Å². The highest BCUT2D eigenvalue weighted by molar-refractivity contribution is 5.38. The fourth-order valence-corrected chi connectivity index (χ4v) is 4.25. The van der Waals surface area contributed by atoms with Crippen LogP contribution in [-0.2, 0) is 0 Å². The van der Waals surface area contributed by atoms with Crippen molar-refractivity contribution in [3.63, 3.8) is 0 Å². The molecule has 0 aromatic rings. The van der Waals surface area contributed by atoms with E-state index in [1.54, 1.807) is 5.57 Å². The van der Waals surface area contributed by atoms with Crippen molar-refractivity contribution in [1.82, 2.24) is 0 Å². The van der Waals surface area contributed by atoms with Crippen molar-refractivity contribution >= 4 is 0 Å². The van der Waals surface area contributed by atoms with Gasteiger partial charge in [-0.2, -0.15) is 0 Å². The Labute approximate surface area is 115 Å². The molecule has 0 bridgehead atoms. The molecule has 1 rings (SSSR count). The number of allylic oxidation sites excluding steroid dienone is 3. The van der Waals surface area contributed by atoms with Crippen LogP contribution in [-0.4, -0.2) is 0 Å². The van der Waals surface area contributed by atoms with Crippen LogP contribution >= 0.6 is 0 Å². The molecule has 0 unspecified atom stereocenters. The summed E-state index contributed by atoms with van der Waals surface area (Å²) in [6, 6.07) is 0. The van der Waals surface area contributed by atoms with Gasteiger partial charge in [0.15, 0.2) is 0 Å². The second-order valence-electron chi connectivity index (χ2n) is 8.03. The van der Waals surface area contributed by atoms with E-state index in [0.29, 0.717) is 0 Å². The summed E-state index contributed by atoms with van der Waals surface area (Å²) >= 11 is 0. The van der Waals surface area contributed by atoms with Crippen LogP contribution in [0, 0.1) is 21.7 Å². The molecule has 18 heavy (non-hydrogen) atoms. The molecule has 0 amide bonds. The van der Waals surface area contributed by atoms with E-state index in [1.807, 2.05) is 0 Å². The highest BCUT2D eigenvalue weighted by atomic mass is 14.7. The third kappa shape index (κ3) is 1.38. The second-order valence-corrected chi connectivity index (χ2v) is 8.03. The van der Waals surface area contributed by atoms with Gasteiger partial charge in [0, 0.05) is 5.41 Å². The summed E-state index contributed by atoms with van der Waals surface area (Å²) in [6.45, 7) is 28.0. The molecule has 0 spiro atoms. The molecule has 0 aromatic carbocycles. The van der Waals surface area contributed by atoms with Crippen LogP contribution in [0.3, 0.4) is 0 Å². The third-order valence-corrected chi connectivity index (χ3v) is 7.35. The lowest BCUT2D eigenvalue weighted by Crippen LogP contribution is -2.58. The number of hydrogen-bond acceptors (Lipinski definition) is 0. The Morgan fingerprint density at radius 1 is 0.778 bits per heavy atom. The normalized spacial score (nSPS) is 33.4. The molecule has 0 heterocycles. The van der Waals surface area contributed by atoms with Gasteiger partial charge in [-0.1, -0.05) is 71.8 Å². The van der Waals surface area contributed by atoms with Gasteiger partial charge in [-0.15, -0.1) is 0 Å². The highest BCUT2D eigenvalue weighted by Gasteiger charge is 2.62. The Morgan fingerprint density at radius 2 is 1.11 bits per heavy atom. The van der Waals surface area contributed by atoms with Gasteiger partial charge in [0.2, 0.25) is 0 Å². The summed E-state index contributed by atoms with van der Waals surface area (Å²) < 4.78 is 0. The number of hydrogen-bond donors (Lipinski definition) is 0. The largest absolute Gasteiger partial charge is 0.0995 e. The van der Waals surface area contributed by atoms with E-state index in [9.17, 15) is 0 Å². The molecule has 0 N–H and O–H groups in total. The van der Waals surface area contributed by atoms with Gasteiger partial charge < -0.3 is 0 Å². The maximum atomic E-state index is 4.34. The first kappa shape index (κ1) is 15.5. The van der Waals surface area contributed by atoms with Gasteiger partial charge in [0.05, 0.1) is 0 Å². The fraction of sp³-hybridized carbons (Fsp3) is 0.778. The summed E-state index contributed by atoms with van der Waals surface area (Å²) in [5.41, 5.74) is 5.03. The summed E-state index contributed by atoms with van der Waals surface area (Å²) in [4.78, 5) is 0. The zero-order valence-corrected chi connectivity index (χ0v) is 14.2. The summed E-state index contributed by atoms with van der Waals surface area (Å²) in [5, 5.41) is 0. The minimum atomic E-state index is 0.104. The zero-order chi connectivity index (χ0) is 14.7. The average Bonchev–Trinajstić information content (AvgIpc) is 2.23. The second kappa shape index (κ2) is 3.74. The average molecular weight is 248 g/mol. The van der Waals surface area contributed by atoms with Crippen LogP contribution in [0.4, 0.5) is 0 Å². The molecule has 0 aromatic heterocycles. The Balaban J connectivity index is 3.80. The first-order valence-electron chi connectivity index (χ1n) is 7.10. The predicted octanol–water partition coefficient (Wildman–Crippen LogP) is 6.00. The van der Waals surface area contributed by atoms with Crippen LogP contribution in [0.25, 0.3) is 0 Å². The van der Waals surface area contributed by atoms with Crippen molar-refractivity contribution in [3.05, 3.63) is 23.3 Å². The van der Waals surface area contributed by atoms with E-state index in [-0.39, 0.29) is 21.7 Å². The molecule has 0 radical (unpaired) electrons. The molecule has 0 fully saturated rings. The first-order chi connectivity index (χ1) is 7.76. The van der Waals surface area contributed by atoms with Gasteiger partial charge in [-0.25, -0.2) is 0 Å². The minimum Gasteiger partial charge on any atom is -0.0995 e. The Morgan fingerprint density at radius 3 is 1.44 bits per heavy atom. The lowest BCUT2D eigenvalue weighted by atomic mass is 9.38. The Hall–Kier alpha value is -0.520. The van der Waals surface area contributed by atoms with Crippen LogP contribution in [0.15, 0.2) is 23.3 Å². The van der Waals surface area contributed by atoms with Crippen LogP contribution in [0.2, 0.25) is 0 Å². The molecule has 1 atom stereocenters. The maximum absolute atomic E-state index is 4.34. The van der Waals surface area contributed by atoms with E-state index in [4.69, 9.17) is 0 Å². The number of rotatable bonds is 1. The lowest BCUT2D eigenvalue weighted by molar-refractivity contribution is -0.0682. The van der Waals surface area contributed by atoms with E-state index in [2.05, 4.69) is 75.8 Å². The standard InChI is InChI=1S/C18H32/c1-12(2)18(11)16(7,8)14(4)13(3)15(5,6)17(18,9)10/h1H2,2-11H3/t18-/m1/s1. The molecule has 1 aliphatic carbocycles. The smallest absolute Gasteiger partial charge is 0.00257 e. The minimum absolute atomic E-state index is 0.104. The van der Waals surface area contributed by atoms with Crippen molar-refractivity contribution in [1.29, 1.82) is 0 Å². The Bertz CT molecular complexity index is 415. The predicted molar refractivity (Wildman–Crippen MR) is 82.6 cm³/mol. The van der Waals surface area contributed by atoms with Crippen molar-refractivity contribution in [3.8, 4) is 0 Å². The van der Waals surface area contributed by atoms with Gasteiger partial charge in [0.1, 0.15) is 0 Å². The van der Waals surface area contributed by atoms with Gasteiger partial charge in [0.25, 0.3) is 0 Å². The Kier molecular flexibility index (Phi) is 3.23. The van der Waals surface area contributed by atoms with Gasteiger partial charge in [-0.05, 0) is 37.0 Å². The van der Waals surface area contributed by atoms with Gasteiger partial charge in [-0.3, -0.25) is 0 Å². The third-order valence-electron chi connectivity index (χ3n) is 7.35. The molecule has 0 saturated carbocycles. The zero-order valence-electron chi connectivity index (χ0n) is 14.2. The first-order valence-corrected chi connectivity index (χ1v) is 7.10. The maximum Gasteiger partial charge on any atom is 0.00257 e. The molecular weight excluding hydrogens is 216 g/mol. The summed E-state index contributed by atoms with van der Waals surface area (Å²) in [7, 11) is 0. The highest BCUT2D eigenvalue weighted by Crippen LogP contribution is 2.70. The summed E-state index contributed by atoms with van der Waals surface area (Å²) in [6.07, 6.45) is 0. The van der Waals surface area contributed by atoms with E-state index < -0.39 is 0 Å². The van der Waals surface area contributed by atoms with Crippen molar-refractivity contribution in [2.24, 2.45) is 21.7 Å². The van der Waals surface area contributed by atoms with Crippen LogP contribution in [0.5, 0.6) is 0 Å². The molecule has 0 nitrogen and oxygen atoms in total. The van der Waals surface area contributed by atoms with Crippen molar-refractivity contribution < 1.29 is 0 Å².